The molecule has 0 aliphatic heterocycles. The van der Waals surface area contributed by atoms with E-state index in [-0.39, 0.29) is 0 Å². The van der Waals surface area contributed by atoms with Crippen LogP contribution < -0.4 is 4.90 Å². The predicted molar refractivity (Wildman–Crippen MR) is 107 cm³/mol. The number of hydrogen-bond acceptors (Lipinski definition) is 4. The van der Waals surface area contributed by atoms with Crippen molar-refractivity contribution in [2.75, 3.05) is 11.9 Å². The number of para-hydroxylation sites is 1. The molecule has 1 aliphatic rings. The SMILES string of the molecule is CN(c1nc(-c2cccnc2)nc2ccccc12)C1CCCCCCC1. The lowest BCUT2D eigenvalue weighted by atomic mass is 9.95. The third-order valence-electron chi connectivity index (χ3n) is 5.46. The van der Waals surface area contributed by atoms with E-state index in [1.54, 1.807) is 6.20 Å². The molecule has 2 heterocycles. The van der Waals surface area contributed by atoms with E-state index in [0.717, 1.165) is 28.1 Å². The molecule has 0 atom stereocenters. The number of hydrogen-bond donors (Lipinski definition) is 0. The third kappa shape index (κ3) is 3.55. The molecule has 1 aromatic carbocycles. The molecule has 3 aromatic rings. The van der Waals surface area contributed by atoms with Gasteiger partial charge in [-0.2, -0.15) is 0 Å². The van der Waals surface area contributed by atoms with Gasteiger partial charge in [-0.15, -0.1) is 0 Å². The smallest absolute Gasteiger partial charge is 0.163 e. The van der Waals surface area contributed by atoms with Crippen LogP contribution in [0.5, 0.6) is 0 Å². The van der Waals surface area contributed by atoms with E-state index in [2.05, 4.69) is 35.1 Å². The van der Waals surface area contributed by atoms with Gasteiger partial charge >= 0.3 is 0 Å². The minimum Gasteiger partial charge on any atom is -0.356 e. The molecule has 134 valence electrons. The largest absolute Gasteiger partial charge is 0.356 e. The summed E-state index contributed by atoms with van der Waals surface area (Å²) in [6.07, 6.45) is 12.8. The number of fused-ring (bicyclic) bond motifs is 1. The van der Waals surface area contributed by atoms with E-state index in [4.69, 9.17) is 9.97 Å². The Kier molecular flexibility index (Phi) is 5.09. The normalized spacial score (nSPS) is 16.2. The van der Waals surface area contributed by atoms with E-state index in [1.807, 2.05) is 24.4 Å². The minimum atomic E-state index is 0.551. The molecule has 4 rings (SSSR count). The van der Waals surface area contributed by atoms with Crippen molar-refractivity contribution >= 4 is 16.7 Å². The van der Waals surface area contributed by atoms with Crippen molar-refractivity contribution in [3.05, 3.63) is 48.8 Å². The topological polar surface area (TPSA) is 41.9 Å². The first-order chi connectivity index (χ1) is 12.8. The van der Waals surface area contributed by atoms with Gasteiger partial charge < -0.3 is 4.90 Å². The number of pyridine rings is 1. The lowest BCUT2D eigenvalue weighted by Gasteiger charge is -2.31. The molecule has 0 spiro atoms. The molecule has 0 bridgehead atoms. The van der Waals surface area contributed by atoms with Crippen LogP contribution in [0.15, 0.2) is 48.8 Å². The van der Waals surface area contributed by atoms with Crippen LogP contribution in [0.1, 0.15) is 44.9 Å². The van der Waals surface area contributed by atoms with E-state index in [0.29, 0.717) is 6.04 Å². The van der Waals surface area contributed by atoms with E-state index < -0.39 is 0 Å². The number of rotatable bonds is 3. The van der Waals surface area contributed by atoms with Gasteiger partial charge in [-0.25, -0.2) is 9.97 Å². The lowest BCUT2D eigenvalue weighted by molar-refractivity contribution is 0.440. The first kappa shape index (κ1) is 17.0. The van der Waals surface area contributed by atoms with Gasteiger partial charge in [0, 0.05) is 36.4 Å². The van der Waals surface area contributed by atoms with Gasteiger partial charge in [0.2, 0.25) is 0 Å². The highest BCUT2D eigenvalue weighted by atomic mass is 15.2. The van der Waals surface area contributed by atoms with Crippen LogP contribution in [0.3, 0.4) is 0 Å². The summed E-state index contributed by atoms with van der Waals surface area (Å²) in [5.74, 6) is 1.80. The molecule has 0 saturated heterocycles. The van der Waals surface area contributed by atoms with Crippen molar-refractivity contribution in [2.45, 2.75) is 51.0 Å². The molecule has 1 aliphatic carbocycles. The number of nitrogens with zero attached hydrogens (tertiary/aromatic N) is 4. The van der Waals surface area contributed by atoms with Crippen LogP contribution in [-0.2, 0) is 0 Å². The van der Waals surface area contributed by atoms with Crippen LogP contribution >= 0.6 is 0 Å². The average molecular weight is 346 g/mol. The average Bonchev–Trinajstić information content (AvgIpc) is 2.67. The maximum atomic E-state index is 4.98. The summed E-state index contributed by atoms with van der Waals surface area (Å²) in [5, 5.41) is 1.13. The van der Waals surface area contributed by atoms with Crippen molar-refractivity contribution in [1.29, 1.82) is 0 Å². The first-order valence-corrected chi connectivity index (χ1v) is 9.73. The van der Waals surface area contributed by atoms with Crippen LogP contribution in [0.2, 0.25) is 0 Å². The second-order valence-electron chi connectivity index (χ2n) is 7.24. The molecular formula is C22H26N4. The van der Waals surface area contributed by atoms with Gasteiger partial charge in [-0.1, -0.05) is 44.2 Å². The second-order valence-corrected chi connectivity index (χ2v) is 7.24. The van der Waals surface area contributed by atoms with Gasteiger partial charge in [-0.05, 0) is 37.1 Å². The quantitative estimate of drug-likeness (QED) is 0.650. The molecule has 1 saturated carbocycles. The first-order valence-electron chi connectivity index (χ1n) is 9.73. The number of anilines is 1. The third-order valence-corrected chi connectivity index (χ3v) is 5.46. The van der Waals surface area contributed by atoms with Crippen molar-refractivity contribution < 1.29 is 0 Å². The number of benzene rings is 1. The van der Waals surface area contributed by atoms with Crippen molar-refractivity contribution in [3.63, 3.8) is 0 Å². The molecule has 0 unspecified atom stereocenters. The molecule has 26 heavy (non-hydrogen) atoms. The number of aromatic nitrogens is 3. The van der Waals surface area contributed by atoms with Crippen molar-refractivity contribution in [1.82, 2.24) is 15.0 Å². The summed E-state index contributed by atoms with van der Waals surface area (Å²) < 4.78 is 0. The molecule has 4 heteroatoms. The summed E-state index contributed by atoms with van der Waals surface area (Å²) in [5.41, 5.74) is 1.96. The Labute approximate surface area is 155 Å². The summed E-state index contributed by atoms with van der Waals surface area (Å²) in [7, 11) is 2.20. The van der Waals surface area contributed by atoms with Crippen LogP contribution in [0.4, 0.5) is 5.82 Å². The van der Waals surface area contributed by atoms with Crippen molar-refractivity contribution in [2.24, 2.45) is 0 Å². The fraction of sp³-hybridized carbons (Fsp3) is 0.409. The highest BCUT2D eigenvalue weighted by Crippen LogP contribution is 2.30. The van der Waals surface area contributed by atoms with Crippen LogP contribution in [-0.4, -0.2) is 28.0 Å². The van der Waals surface area contributed by atoms with Gasteiger partial charge in [0.15, 0.2) is 5.82 Å². The highest BCUT2D eigenvalue weighted by molar-refractivity contribution is 5.91. The Balaban J connectivity index is 1.77. The van der Waals surface area contributed by atoms with Gasteiger partial charge in [0.1, 0.15) is 5.82 Å². The molecular weight excluding hydrogens is 320 g/mol. The second kappa shape index (κ2) is 7.81. The molecule has 0 radical (unpaired) electrons. The van der Waals surface area contributed by atoms with Gasteiger partial charge in [0.25, 0.3) is 0 Å². The molecule has 4 nitrogen and oxygen atoms in total. The molecule has 0 N–H and O–H groups in total. The summed E-state index contributed by atoms with van der Waals surface area (Å²) >= 11 is 0. The molecule has 2 aromatic heterocycles. The van der Waals surface area contributed by atoms with E-state index in [9.17, 15) is 0 Å². The highest BCUT2D eigenvalue weighted by Gasteiger charge is 2.20. The maximum Gasteiger partial charge on any atom is 0.163 e. The van der Waals surface area contributed by atoms with Gasteiger partial charge in [-0.3, -0.25) is 4.98 Å². The zero-order valence-corrected chi connectivity index (χ0v) is 15.4. The Morgan fingerprint density at radius 1 is 0.885 bits per heavy atom. The summed E-state index contributed by atoms with van der Waals surface area (Å²) in [4.78, 5) is 16.4. The van der Waals surface area contributed by atoms with Crippen molar-refractivity contribution in [3.8, 4) is 11.4 Å². The Bertz CT molecular complexity index is 854. The van der Waals surface area contributed by atoms with Gasteiger partial charge in [0.05, 0.1) is 5.52 Å². The zero-order chi connectivity index (χ0) is 17.8. The van der Waals surface area contributed by atoms with E-state index in [1.165, 1.54) is 44.9 Å². The summed E-state index contributed by atoms with van der Waals surface area (Å²) in [6.45, 7) is 0. The van der Waals surface area contributed by atoms with Crippen LogP contribution in [0.25, 0.3) is 22.3 Å². The van der Waals surface area contributed by atoms with E-state index >= 15 is 0 Å². The zero-order valence-electron chi connectivity index (χ0n) is 15.4. The Hall–Kier alpha value is -2.49. The monoisotopic (exact) mass is 346 g/mol. The fourth-order valence-electron chi connectivity index (χ4n) is 3.95. The minimum absolute atomic E-state index is 0.551. The summed E-state index contributed by atoms with van der Waals surface area (Å²) in [6, 6.07) is 12.8. The standard InChI is InChI=1S/C22H26N4/c1-26(18-11-5-3-2-4-6-12-18)22-19-13-7-8-14-20(19)24-21(25-22)17-10-9-15-23-16-17/h7-10,13-16,18H,2-6,11-12H2,1H3. The van der Waals surface area contributed by atoms with Crippen LogP contribution in [0, 0.1) is 0 Å². The predicted octanol–water partition coefficient (Wildman–Crippen LogP) is 5.24. The lowest BCUT2D eigenvalue weighted by Crippen LogP contribution is -2.33. The Morgan fingerprint density at radius 2 is 1.65 bits per heavy atom. The Morgan fingerprint density at radius 3 is 2.42 bits per heavy atom. The molecule has 1 fully saturated rings. The maximum absolute atomic E-state index is 4.98. The molecule has 0 amide bonds. The fourth-order valence-corrected chi connectivity index (χ4v) is 3.95.